The van der Waals surface area contributed by atoms with Crippen molar-refractivity contribution in [3.05, 3.63) is 42.5 Å². The van der Waals surface area contributed by atoms with Gasteiger partial charge in [0.05, 0.1) is 53.9 Å². The molecule has 0 amide bonds. The second-order valence-corrected chi connectivity index (χ2v) is 29.1. The maximum absolute atomic E-state index is 13.9. The van der Waals surface area contributed by atoms with Crippen molar-refractivity contribution >= 4 is 26.5 Å². The van der Waals surface area contributed by atoms with E-state index in [-0.39, 0.29) is 46.7 Å². The van der Waals surface area contributed by atoms with Crippen molar-refractivity contribution in [2.24, 2.45) is 11.8 Å². The number of ether oxygens (including phenoxy) is 3. The van der Waals surface area contributed by atoms with Crippen molar-refractivity contribution in [3.8, 4) is 0 Å². The molecule has 2 heterocycles. The largest absolute Gasteiger partial charge is 0.414 e. The number of benzene rings is 1. The summed E-state index contributed by atoms with van der Waals surface area (Å²) in [6, 6.07) is 8.64. The summed E-state index contributed by atoms with van der Waals surface area (Å²) in [6.45, 7) is 29.6. The molecule has 8 atom stereocenters. The molecular weight excluding hydrogens is 673 g/mol. The molecule has 0 radical (unpaired) electrons. The van der Waals surface area contributed by atoms with Gasteiger partial charge in [-0.3, -0.25) is 0 Å². The predicted octanol–water partition coefficient (Wildman–Crippen LogP) is 8.17. The van der Waals surface area contributed by atoms with E-state index < -0.39 is 50.7 Å². The Bertz CT molecular complexity index is 1300. The van der Waals surface area contributed by atoms with Gasteiger partial charge in [-0.1, -0.05) is 73.2 Å². The molecule has 0 spiro atoms. The first-order chi connectivity index (χ1) is 22.5. The minimum Gasteiger partial charge on any atom is -0.414 e. The third-order valence-corrected chi connectivity index (χ3v) is 22.6. The van der Waals surface area contributed by atoms with Gasteiger partial charge in [0.2, 0.25) is 0 Å². The number of aliphatic hydroxyl groups is 1. The predicted molar refractivity (Wildman–Crippen MR) is 204 cm³/mol. The number of hydrogen-bond acceptors (Lipinski definition) is 8. The fourth-order valence-electron chi connectivity index (χ4n) is 6.50. The lowest BCUT2D eigenvalue weighted by atomic mass is 9.83. The van der Waals surface area contributed by atoms with E-state index in [1.165, 1.54) is 0 Å². The highest BCUT2D eigenvalue weighted by Gasteiger charge is 2.50. The van der Waals surface area contributed by atoms with Crippen molar-refractivity contribution < 1.29 is 36.6 Å². The van der Waals surface area contributed by atoms with Crippen LogP contribution in [0.15, 0.2) is 47.4 Å². The quantitative estimate of drug-likeness (QED) is 0.134. The Labute approximate surface area is 300 Å². The molecule has 2 saturated heterocycles. The van der Waals surface area contributed by atoms with E-state index in [4.69, 9.17) is 23.1 Å². The minimum atomic E-state index is -3.65. The van der Waals surface area contributed by atoms with Gasteiger partial charge >= 0.3 is 0 Å². The summed E-state index contributed by atoms with van der Waals surface area (Å²) in [7, 11) is -6.28. The summed E-state index contributed by atoms with van der Waals surface area (Å²) in [6.07, 6.45) is 1.49. The highest BCUT2D eigenvalue weighted by molar-refractivity contribution is 7.91. The Hall–Kier alpha value is -0.896. The van der Waals surface area contributed by atoms with E-state index in [0.29, 0.717) is 30.8 Å². The average molecular weight is 741 g/mol. The minimum absolute atomic E-state index is 0.00378. The molecule has 1 aromatic carbocycles. The van der Waals surface area contributed by atoms with Gasteiger partial charge in [0.25, 0.3) is 0 Å². The van der Waals surface area contributed by atoms with Crippen LogP contribution in [-0.4, -0.2) is 92.9 Å². The lowest BCUT2D eigenvalue weighted by molar-refractivity contribution is -0.0760. The summed E-state index contributed by atoms with van der Waals surface area (Å²) in [4.78, 5) is 0.296. The van der Waals surface area contributed by atoms with E-state index in [2.05, 4.69) is 81.2 Å². The van der Waals surface area contributed by atoms with Crippen LogP contribution in [0.5, 0.6) is 0 Å². The fraction of sp³-hybridized carbons (Fsp3) is 0.789. The van der Waals surface area contributed by atoms with Crippen molar-refractivity contribution in [1.82, 2.24) is 0 Å². The van der Waals surface area contributed by atoms with Gasteiger partial charge in [-0.05, 0) is 79.2 Å². The van der Waals surface area contributed by atoms with Crippen LogP contribution in [0.25, 0.3) is 0 Å². The summed E-state index contributed by atoms with van der Waals surface area (Å²) in [5.74, 6) is -0.285. The molecule has 2 fully saturated rings. The molecule has 4 unspecified atom stereocenters. The maximum Gasteiger partial charge on any atom is 0.192 e. The first-order valence-electron chi connectivity index (χ1n) is 18.3. The summed E-state index contributed by atoms with van der Waals surface area (Å²) < 4.78 is 61.3. The van der Waals surface area contributed by atoms with Crippen LogP contribution < -0.4 is 0 Å². The highest BCUT2D eigenvalue weighted by Crippen LogP contribution is 2.43. The summed E-state index contributed by atoms with van der Waals surface area (Å²) >= 11 is 0. The lowest BCUT2D eigenvalue weighted by Gasteiger charge is -2.42. The molecule has 1 aromatic rings. The van der Waals surface area contributed by atoms with Crippen molar-refractivity contribution in [3.63, 3.8) is 0 Å². The van der Waals surface area contributed by atoms with E-state index in [1.54, 1.807) is 31.4 Å². The SMILES string of the molecule is C=C1C(C[C@@H]2O[C@H](CC(CO[Si](C)(C)C(C)(C)C)O[Si](C)(C)C(C)(C)C)[C@H](OC)C2CS(=O)(=O)c2ccccc2)OC(CCCO)C[C@H]1C. The number of sulfone groups is 1. The molecule has 2 aliphatic rings. The Kier molecular flexibility index (Phi) is 14.6. The zero-order valence-electron chi connectivity index (χ0n) is 32.6. The first kappa shape index (κ1) is 42.5. The highest BCUT2D eigenvalue weighted by atomic mass is 32.2. The zero-order valence-corrected chi connectivity index (χ0v) is 35.4. The van der Waals surface area contributed by atoms with Gasteiger partial charge < -0.3 is 28.2 Å². The second-order valence-electron chi connectivity index (χ2n) is 17.5. The molecule has 3 rings (SSSR count). The number of aliphatic hydroxyl groups excluding tert-OH is 1. The molecule has 0 aromatic heterocycles. The monoisotopic (exact) mass is 740 g/mol. The van der Waals surface area contributed by atoms with E-state index >= 15 is 0 Å². The van der Waals surface area contributed by atoms with Gasteiger partial charge in [-0.25, -0.2) is 8.42 Å². The Balaban J connectivity index is 1.97. The number of hydrogen-bond donors (Lipinski definition) is 1. The van der Waals surface area contributed by atoms with Crippen molar-refractivity contribution in [2.75, 3.05) is 26.1 Å². The van der Waals surface area contributed by atoms with Crippen LogP contribution in [0.2, 0.25) is 36.3 Å². The van der Waals surface area contributed by atoms with Crippen molar-refractivity contribution in [2.45, 2.75) is 158 Å². The van der Waals surface area contributed by atoms with Gasteiger partial charge in [0, 0.05) is 32.5 Å². The molecule has 0 aliphatic carbocycles. The van der Waals surface area contributed by atoms with Gasteiger partial charge in [-0.15, -0.1) is 0 Å². The third-order valence-electron chi connectivity index (χ3n) is 11.8. The second kappa shape index (κ2) is 16.8. The normalized spacial score (nSPS) is 28.2. The number of methoxy groups -OCH3 is 1. The maximum atomic E-state index is 13.9. The van der Waals surface area contributed by atoms with Crippen LogP contribution >= 0.6 is 0 Å². The Morgan fingerprint density at radius 3 is 2.14 bits per heavy atom. The van der Waals surface area contributed by atoms with E-state index in [0.717, 1.165) is 18.4 Å². The number of rotatable bonds is 16. The zero-order chi connectivity index (χ0) is 37.0. The van der Waals surface area contributed by atoms with Gasteiger partial charge in [-0.2, -0.15) is 0 Å². The molecular formula is C38H68O8SSi2. The summed E-state index contributed by atoms with van der Waals surface area (Å²) in [5, 5.41) is 9.51. The molecule has 282 valence electrons. The molecule has 49 heavy (non-hydrogen) atoms. The van der Waals surface area contributed by atoms with E-state index in [1.807, 2.05) is 6.07 Å². The van der Waals surface area contributed by atoms with E-state index in [9.17, 15) is 13.5 Å². The molecule has 1 N–H and O–H groups in total. The van der Waals surface area contributed by atoms with Crippen LogP contribution in [0.4, 0.5) is 0 Å². The van der Waals surface area contributed by atoms with Gasteiger partial charge in [0.1, 0.15) is 0 Å². The van der Waals surface area contributed by atoms with Crippen LogP contribution in [0, 0.1) is 11.8 Å². The third kappa shape index (κ3) is 11.1. The first-order valence-corrected chi connectivity index (χ1v) is 25.7. The van der Waals surface area contributed by atoms with Crippen LogP contribution in [0.1, 0.15) is 80.6 Å². The fourth-order valence-corrected chi connectivity index (χ4v) is 10.6. The van der Waals surface area contributed by atoms with Crippen LogP contribution in [-0.2, 0) is 32.9 Å². The van der Waals surface area contributed by atoms with Gasteiger partial charge in [0.15, 0.2) is 26.5 Å². The molecule has 2 aliphatic heterocycles. The topological polar surface area (TPSA) is 101 Å². The Morgan fingerprint density at radius 1 is 0.980 bits per heavy atom. The Morgan fingerprint density at radius 2 is 1.59 bits per heavy atom. The summed E-state index contributed by atoms with van der Waals surface area (Å²) in [5.41, 5.74) is 1.01. The van der Waals surface area contributed by atoms with Crippen molar-refractivity contribution in [1.29, 1.82) is 0 Å². The smallest absolute Gasteiger partial charge is 0.192 e. The average Bonchev–Trinajstić information content (AvgIpc) is 3.30. The van der Waals surface area contributed by atoms with Crippen LogP contribution in [0.3, 0.4) is 0 Å². The molecule has 0 bridgehead atoms. The lowest BCUT2D eigenvalue weighted by Crippen LogP contribution is -2.49. The molecule has 0 saturated carbocycles. The standard InChI is InChI=1S/C38H68O8SSi2/c1-27-22-29(18-17-21-39)44-33(28(27)2)24-34-32(26-47(40,41)31-19-15-14-16-20-31)36(42-9)35(45-34)23-30(46-49(12,13)38(6,7)8)25-43-48(10,11)37(3,4)5/h14-16,19-20,27,29-30,32-36,39H,2,17-18,21-26H2,1,3-13H3/t27-,29?,30?,32?,33?,34+,35-,36-/m1/s1. The molecule has 8 nitrogen and oxygen atoms in total. The molecule has 11 heteroatoms.